The second-order valence-electron chi connectivity index (χ2n) is 6.13. The molecule has 29 heavy (non-hydrogen) atoms. The Morgan fingerprint density at radius 2 is 2.14 bits per heavy atom. The molecule has 0 aliphatic carbocycles. The maximum Gasteiger partial charge on any atom is 0.410 e. The maximum atomic E-state index is 13.1. The standard InChI is InChI=1S/C16H25N3O7S3/c1-5-17-28(21,22)14-10-12-13(19(6-2)16(20)26-4)11-18(8-7-9-25-3)29(23,24)15(12)27-14/h5,10,13H,6-9,11H2,1-4H3/b17-5-/t13-/m0/s1. The molecule has 0 radical (unpaired) electrons. The Morgan fingerprint density at radius 1 is 1.45 bits per heavy atom. The second kappa shape index (κ2) is 9.51. The number of likely N-dealkylation sites (N-methyl/N-ethyl adjacent to an activating group) is 1. The van der Waals surface area contributed by atoms with Crippen LogP contribution in [0.15, 0.2) is 18.9 Å². The molecule has 164 valence electrons. The summed E-state index contributed by atoms with van der Waals surface area (Å²) in [7, 11) is -5.19. The van der Waals surface area contributed by atoms with Crippen molar-refractivity contribution in [2.75, 3.05) is 40.5 Å². The van der Waals surface area contributed by atoms with Gasteiger partial charge in [0.1, 0.15) is 8.42 Å². The summed E-state index contributed by atoms with van der Waals surface area (Å²) < 4.78 is 65.2. The van der Waals surface area contributed by atoms with Gasteiger partial charge in [0, 0.05) is 45.1 Å². The van der Waals surface area contributed by atoms with Gasteiger partial charge < -0.3 is 14.4 Å². The zero-order valence-electron chi connectivity index (χ0n) is 16.7. The van der Waals surface area contributed by atoms with E-state index in [2.05, 4.69) is 4.40 Å². The van der Waals surface area contributed by atoms with E-state index >= 15 is 0 Å². The number of amides is 1. The number of nitrogens with zero attached hydrogens (tertiary/aromatic N) is 3. The van der Waals surface area contributed by atoms with Crippen molar-refractivity contribution in [3.8, 4) is 0 Å². The highest BCUT2D eigenvalue weighted by atomic mass is 32.3. The molecule has 0 aromatic carbocycles. The minimum Gasteiger partial charge on any atom is -0.453 e. The molecule has 2 rings (SSSR count). The Hall–Kier alpha value is -1.54. The van der Waals surface area contributed by atoms with Gasteiger partial charge in [0.25, 0.3) is 20.0 Å². The highest BCUT2D eigenvalue weighted by molar-refractivity contribution is 7.94. The zero-order valence-corrected chi connectivity index (χ0v) is 19.1. The Balaban J connectivity index is 2.62. The number of sulfonamides is 2. The number of hydrogen-bond acceptors (Lipinski definition) is 8. The van der Waals surface area contributed by atoms with E-state index in [1.54, 1.807) is 6.92 Å². The van der Waals surface area contributed by atoms with Gasteiger partial charge in [0.15, 0.2) is 0 Å². The number of carbonyl (C=O) groups excluding carboxylic acids is 1. The van der Waals surface area contributed by atoms with E-state index in [1.807, 2.05) is 0 Å². The van der Waals surface area contributed by atoms with E-state index in [-0.39, 0.29) is 33.6 Å². The van der Waals surface area contributed by atoms with E-state index in [0.29, 0.717) is 24.4 Å². The maximum absolute atomic E-state index is 13.1. The van der Waals surface area contributed by atoms with Crippen molar-refractivity contribution in [3.63, 3.8) is 0 Å². The monoisotopic (exact) mass is 467 g/mol. The minimum atomic E-state index is -4.02. The molecule has 1 atom stereocenters. The lowest BCUT2D eigenvalue weighted by atomic mass is 10.1. The third-order valence-corrected chi connectivity index (χ3v) is 9.73. The van der Waals surface area contributed by atoms with Crippen LogP contribution in [0, 0.1) is 0 Å². The third kappa shape index (κ3) is 4.79. The van der Waals surface area contributed by atoms with Crippen molar-refractivity contribution in [2.45, 2.75) is 34.7 Å². The number of fused-ring (bicyclic) bond motifs is 1. The molecule has 2 heterocycles. The van der Waals surface area contributed by atoms with Gasteiger partial charge in [-0.05, 0) is 26.3 Å². The largest absolute Gasteiger partial charge is 0.453 e. The van der Waals surface area contributed by atoms with E-state index in [1.165, 1.54) is 36.4 Å². The normalized spacial score (nSPS) is 19.2. The summed E-state index contributed by atoms with van der Waals surface area (Å²) in [5, 5.41) is 0. The Labute approximate surface area is 175 Å². The lowest BCUT2D eigenvalue weighted by molar-refractivity contribution is 0.0981. The van der Waals surface area contributed by atoms with Gasteiger partial charge in [-0.1, -0.05) is 0 Å². The molecule has 0 spiro atoms. The first-order valence-electron chi connectivity index (χ1n) is 8.86. The molecule has 1 aromatic heterocycles. The summed E-state index contributed by atoms with van der Waals surface area (Å²) >= 11 is 0.642. The molecule has 0 saturated heterocycles. The van der Waals surface area contributed by atoms with Gasteiger partial charge in [0.2, 0.25) is 0 Å². The van der Waals surface area contributed by atoms with Gasteiger partial charge in [-0.15, -0.1) is 11.3 Å². The first-order chi connectivity index (χ1) is 13.6. The van der Waals surface area contributed by atoms with Crippen molar-refractivity contribution in [1.29, 1.82) is 0 Å². The number of thiophene rings is 1. The summed E-state index contributed by atoms with van der Waals surface area (Å²) in [4.78, 5) is 13.6. The molecule has 0 saturated carbocycles. The quantitative estimate of drug-likeness (QED) is 0.421. The van der Waals surface area contributed by atoms with Gasteiger partial charge in [-0.2, -0.15) is 17.1 Å². The highest BCUT2D eigenvalue weighted by Gasteiger charge is 2.43. The molecule has 13 heteroatoms. The average molecular weight is 468 g/mol. The van der Waals surface area contributed by atoms with Crippen LogP contribution in [0.4, 0.5) is 4.79 Å². The summed E-state index contributed by atoms with van der Waals surface area (Å²) in [5.74, 6) is 0. The van der Waals surface area contributed by atoms with Crippen LogP contribution >= 0.6 is 11.3 Å². The Morgan fingerprint density at radius 3 is 2.69 bits per heavy atom. The van der Waals surface area contributed by atoms with Crippen LogP contribution in [0.25, 0.3) is 0 Å². The van der Waals surface area contributed by atoms with Gasteiger partial charge in [-0.3, -0.25) is 0 Å². The molecule has 0 fully saturated rings. The average Bonchev–Trinajstić information content (AvgIpc) is 3.13. The molecule has 1 aromatic rings. The van der Waals surface area contributed by atoms with E-state index in [0.717, 1.165) is 6.21 Å². The molecule has 1 aliphatic heterocycles. The van der Waals surface area contributed by atoms with Crippen molar-refractivity contribution >= 4 is 43.7 Å². The van der Waals surface area contributed by atoms with Crippen molar-refractivity contribution in [2.24, 2.45) is 4.40 Å². The molecular weight excluding hydrogens is 442 g/mol. The van der Waals surface area contributed by atoms with Gasteiger partial charge >= 0.3 is 6.09 Å². The van der Waals surface area contributed by atoms with Crippen LogP contribution in [-0.2, 0) is 29.5 Å². The molecule has 0 unspecified atom stereocenters. The molecule has 1 amide bonds. The van der Waals surface area contributed by atoms with E-state index in [4.69, 9.17) is 9.47 Å². The van der Waals surface area contributed by atoms with Crippen molar-refractivity contribution in [1.82, 2.24) is 9.21 Å². The topological polar surface area (TPSA) is 123 Å². The zero-order chi connectivity index (χ0) is 21.8. The fraction of sp³-hybridized carbons (Fsp3) is 0.625. The lowest BCUT2D eigenvalue weighted by Crippen LogP contribution is -2.47. The lowest BCUT2D eigenvalue weighted by Gasteiger charge is -2.37. The first kappa shape index (κ1) is 23.7. The van der Waals surface area contributed by atoms with Crippen LogP contribution < -0.4 is 0 Å². The fourth-order valence-electron chi connectivity index (χ4n) is 3.08. The summed E-state index contributed by atoms with van der Waals surface area (Å²) in [6.45, 7) is 3.99. The van der Waals surface area contributed by atoms with E-state index in [9.17, 15) is 21.6 Å². The smallest absolute Gasteiger partial charge is 0.410 e. The van der Waals surface area contributed by atoms with Crippen LogP contribution in [0.2, 0.25) is 0 Å². The predicted octanol–water partition coefficient (Wildman–Crippen LogP) is 1.70. The van der Waals surface area contributed by atoms with Crippen molar-refractivity contribution < 1.29 is 31.1 Å². The number of hydrogen-bond donors (Lipinski definition) is 0. The molecule has 1 aliphatic rings. The number of methoxy groups -OCH3 is 2. The molecular formula is C16H25N3O7S3. The van der Waals surface area contributed by atoms with Crippen LogP contribution in [0.3, 0.4) is 0 Å². The summed E-state index contributed by atoms with van der Waals surface area (Å²) in [6, 6.07) is 0.613. The van der Waals surface area contributed by atoms with Crippen LogP contribution in [0.1, 0.15) is 31.9 Å². The third-order valence-electron chi connectivity index (χ3n) is 4.39. The Kier molecular flexibility index (Phi) is 7.79. The van der Waals surface area contributed by atoms with Gasteiger partial charge in [-0.25, -0.2) is 13.2 Å². The van der Waals surface area contributed by atoms with E-state index < -0.39 is 32.2 Å². The minimum absolute atomic E-state index is 0.00471. The summed E-state index contributed by atoms with van der Waals surface area (Å²) in [6.07, 6.45) is 0.963. The molecule has 0 N–H and O–H groups in total. The first-order valence-corrected chi connectivity index (χ1v) is 12.6. The fourth-order valence-corrected chi connectivity index (χ4v) is 7.82. The van der Waals surface area contributed by atoms with Crippen LogP contribution in [-0.4, -0.2) is 78.8 Å². The molecule has 0 bridgehead atoms. The molecule has 10 nitrogen and oxygen atoms in total. The van der Waals surface area contributed by atoms with Crippen LogP contribution in [0.5, 0.6) is 0 Å². The number of carbonyl (C=O) groups is 1. The predicted molar refractivity (Wildman–Crippen MR) is 108 cm³/mol. The van der Waals surface area contributed by atoms with Gasteiger partial charge in [0.05, 0.1) is 13.2 Å². The Bertz CT molecular complexity index is 970. The van der Waals surface area contributed by atoms with Crippen molar-refractivity contribution in [3.05, 3.63) is 11.6 Å². The second-order valence-corrected chi connectivity index (χ2v) is 11.2. The highest BCUT2D eigenvalue weighted by Crippen LogP contribution is 2.43. The number of rotatable bonds is 8. The summed E-state index contributed by atoms with van der Waals surface area (Å²) in [5.41, 5.74) is 0.259. The number of ether oxygens (including phenoxy) is 2. The SMILES string of the molecule is C/C=N\S(=O)(=O)c1cc2c(s1)S(=O)(=O)N(CCCOC)C[C@@H]2N(CC)C(=O)OC.